The smallest absolute Gasteiger partial charge is 0.229 e. The van der Waals surface area contributed by atoms with Gasteiger partial charge in [0, 0.05) is 56.5 Å². The van der Waals surface area contributed by atoms with Gasteiger partial charge in [-0.1, -0.05) is 6.92 Å². The highest BCUT2D eigenvalue weighted by Gasteiger charge is 2.43. The van der Waals surface area contributed by atoms with Gasteiger partial charge < -0.3 is 29.7 Å². The normalized spacial score (nSPS) is 16.7. The van der Waals surface area contributed by atoms with Gasteiger partial charge in [-0.05, 0) is 84.7 Å². The molecule has 0 bridgehead atoms. The van der Waals surface area contributed by atoms with Crippen LogP contribution in [-0.4, -0.2) is 78.5 Å². The molecule has 12 heteroatoms. The predicted molar refractivity (Wildman–Crippen MR) is 179 cm³/mol. The Bertz CT molecular complexity index is 1710. The maximum atomic E-state index is 13.4. The molecule has 0 unspecified atom stereocenters. The summed E-state index contributed by atoms with van der Waals surface area (Å²) in [5.41, 5.74) is 5.77. The lowest BCUT2D eigenvalue weighted by Gasteiger charge is -2.53. The largest absolute Gasteiger partial charge is 0.494 e. The number of hydrogen-bond acceptors (Lipinski definition) is 10. The number of rotatable bonds is 8. The number of methoxy groups -OCH3 is 1. The van der Waals surface area contributed by atoms with E-state index < -0.39 is 7.14 Å². The maximum absolute atomic E-state index is 13.4. The first-order valence-corrected chi connectivity index (χ1v) is 18.0. The first kappa shape index (κ1) is 29.8. The molecule has 0 amide bonds. The highest BCUT2D eigenvalue weighted by Crippen LogP contribution is 2.44. The molecule has 0 aliphatic carbocycles. The van der Waals surface area contributed by atoms with E-state index in [0.29, 0.717) is 43.7 Å². The first-order chi connectivity index (χ1) is 20.6. The Balaban J connectivity index is 1.27. The number of aromatic nitrogens is 4. The fraction of sp³-hybridized carbons (Fsp3) is 0.419. The molecule has 2 aliphatic heterocycles. The van der Waals surface area contributed by atoms with E-state index in [1.807, 2.05) is 12.1 Å². The molecule has 2 aromatic carbocycles. The van der Waals surface area contributed by atoms with Crippen LogP contribution < -0.4 is 25.6 Å². The molecule has 2 N–H and O–H groups in total. The summed E-state index contributed by atoms with van der Waals surface area (Å²) in [5.74, 6) is 1.68. The van der Waals surface area contributed by atoms with E-state index in [1.54, 1.807) is 39.0 Å². The van der Waals surface area contributed by atoms with Crippen molar-refractivity contribution in [2.24, 2.45) is 5.41 Å². The number of hydrogen-bond donors (Lipinski definition) is 2. The van der Waals surface area contributed by atoms with Gasteiger partial charge in [-0.3, -0.25) is 9.97 Å². The van der Waals surface area contributed by atoms with Crippen molar-refractivity contribution in [1.29, 1.82) is 0 Å². The van der Waals surface area contributed by atoms with Gasteiger partial charge in [0.25, 0.3) is 0 Å². The van der Waals surface area contributed by atoms with E-state index in [-0.39, 0.29) is 0 Å². The van der Waals surface area contributed by atoms with Crippen molar-refractivity contribution in [2.45, 2.75) is 26.2 Å². The number of anilines is 5. The number of aryl methyl sites for hydroxylation is 1. The molecule has 0 saturated carbocycles. The molecule has 6 rings (SSSR count). The molecule has 10 nitrogen and oxygen atoms in total. The highest BCUT2D eigenvalue weighted by molar-refractivity contribution is 9.10. The van der Waals surface area contributed by atoms with Gasteiger partial charge >= 0.3 is 0 Å². The molecule has 2 fully saturated rings. The van der Waals surface area contributed by atoms with Crippen LogP contribution in [-0.2, 0) is 11.0 Å². The molecule has 43 heavy (non-hydrogen) atoms. The Morgan fingerprint density at radius 3 is 2.47 bits per heavy atom. The average Bonchev–Trinajstić information content (AvgIpc) is 2.97. The molecule has 0 atom stereocenters. The first-order valence-electron chi connectivity index (χ1n) is 14.6. The predicted octanol–water partition coefficient (Wildman–Crippen LogP) is 6.02. The van der Waals surface area contributed by atoms with Crippen LogP contribution >= 0.6 is 23.1 Å². The van der Waals surface area contributed by atoms with Crippen molar-refractivity contribution < 1.29 is 9.30 Å². The third-order valence-electron chi connectivity index (χ3n) is 8.55. The summed E-state index contributed by atoms with van der Waals surface area (Å²) >= 11 is 3.58. The summed E-state index contributed by atoms with van der Waals surface area (Å²) in [7, 11) is 1.18. The van der Waals surface area contributed by atoms with Crippen molar-refractivity contribution in [3.8, 4) is 5.75 Å². The van der Waals surface area contributed by atoms with Crippen LogP contribution in [0.4, 0.5) is 28.8 Å². The summed E-state index contributed by atoms with van der Waals surface area (Å²) in [4.78, 5) is 23.1. The lowest BCUT2D eigenvalue weighted by Crippen LogP contribution is -2.58. The van der Waals surface area contributed by atoms with Crippen LogP contribution in [0.25, 0.3) is 11.0 Å². The van der Waals surface area contributed by atoms with E-state index in [0.717, 1.165) is 30.9 Å². The Hall–Kier alpha value is -3.27. The minimum absolute atomic E-state index is 0.408. The number of fused-ring (bicyclic) bond motifs is 1. The number of nitrogens with zero attached hydrogens (tertiary/aromatic N) is 6. The van der Waals surface area contributed by atoms with Crippen LogP contribution in [0.1, 0.15) is 25.3 Å². The lowest BCUT2D eigenvalue weighted by molar-refractivity contribution is 0.00129. The van der Waals surface area contributed by atoms with Crippen molar-refractivity contribution in [2.75, 3.05) is 69.2 Å². The quantitative estimate of drug-likeness (QED) is 0.217. The summed E-state index contributed by atoms with van der Waals surface area (Å²) in [5, 5.41) is 7.39. The van der Waals surface area contributed by atoms with Crippen LogP contribution in [0.2, 0.25) is 0 Å². The van der Waals surface area contributed by atoms with Crippen LogP contribution in [0.3, 0.4) is 0 Å². The van der Waals surface area contributed by atoms with Crippen LogP contribution in [0.15, 0.2) is 47.3 Å². The fourth-order valence-electron chi connectivity index (χ4n) is 6.53. The Morgan fingerprint density at radius 1 is 1.05 bits per heavy atom. The highest BCUT2D eigenvalue weighted by atomic mass is 79.9. The molecule has 1 spiro atoms. The standard InChI is InChI=1S/C31H38BrN8O2P/c1-6-20-15-24(26(42-3)16-25(20)40-13-9-31(10-14-40)18-39(2)19-31)37-30-35-17-21(32)29(38-30)36-23-8-7-22-27(34-12-11-33-22)28(23)43(4,5)41/h7-8,11-12,15-17H,6,9-10,13-14,18-19H2,1-5H3,(H2,35,36,37,38). The maximum Gasteiger partial charge on any atom is 0.229 e. The van der Waals surface area contributed by atoms with Gasteiger partial charge in [-0.25, -0.2) is 4.98 Å². The van der Waals surface area contributed by atoms with E-state index in [2.05, 4.69) is 77.4 Å². The zero-order valence-electron chi connectivity index (χ0n) is 25.3. The van der Waals surface area contributed by atoms with Gasteiger partial charge in [-0.2, -0.15) is 4.98 Å². The van der Waals surface area contributed by atoms with Gasteiger partial charge in [0.15, 0.2) is 0 Å². The second-order valence-corrected chi connectivity index (χ2v) is 16.1. The van der Waals surface area contributed by atoms with Gasteiger partial charge in [0.2, 0.25) is 5.95 Å². The third kappa shape index (κ3) is 5.95. The third-order valence-corrected chi connectivity index (χ3v) is 10.7. The van der Waals surface area contributed by atoms with Crippen molar-refractivity contribution >= 4 is 68.2 Å². The summed E-state index contributed by atoms with van der Waals surface area (Å²) in [6.45, 7) is 10.2. The lowest BCUT2D eigenvalue weighted by atomic mass is 9.72. The number of benzene rings is 2. The minimum atomic E-state index is -2.73. The molecule has 2 aliphatic rings. The zero-order chi connectivity index (χ0) is 30.4. The van der Waals surface area contributed by atoms with Crippen molar-refractivity contribution in [1.82, 2.24) is 24.8 Å². The second-order valence-electron chi connectivity index (χ2n) is 12.1. The Kier molecular flexibility index (Phi) is 8.08. The monoisotopic (exact) mass is 664 g/mol. The molecule has 226 valence electrons. The second kappa shape index (κ2) is 11.7. The summed E-state index contributed by atoms with van der Waals surface area (Å²) in [6.07, 6.45) is 8.29. The topological polar surface area (TPSA) is 108 Å². The molecule has 4 aromatic rings. The van der Waals surface area contributed by atoms with E-state index in [1.165, 1.54) is 37.2 Å². The number of ether oxygens (including phenoxy) is 1. The molecule has 0 radical (unpaired) electrons. The summed E-state index contributed by atoms with van der Waals surface area (Å²) < 4.78 is 19.9. The van der Waals surface area contributed by atoms with E-state index >= 15 is 0 Å². The fourth-order valence-corrected chi connectivity index (χ4v) is 8.21. The number of likely N-dealkylation sites (tertiary alicyclic amines) is 1. The molecule has 2 aromatic heterocycles. The average molecular weight is 666 g/mol. The van der Waals surface area contributed by atoms with Crippen LogP contribution in [0.5, 0.6) is 5.75 Å². The van der Waals surface area contributed by atoms with Gasteiger partial charge in [-0.15, -0.1) is 0 Å². The molecule has 2 saturated heterocycles. The molecule has 4 heterocycles. The summed E-state index contributed by atoms with van der Waals surface area (Å²) in [6, 6.07) is 8.03. The number of piperidine rings is 1. The Morgan fingerprint density at radius 2 is 1.79 bits per heavy atom. The van der Waals surface area contributed by atoms with E-state index in [9.17, 15) is 4.57 Å². The van der Waals surface area contributed by atoms with E-state index in [4.69, 9.17) is 9.72 Å². The van der Waals surface area contributed by atoms with Gasteiger partial charge in [0.1, 0.15) is 24.2 Å². The minimum Gasteiger partial charge on any atom is -0.494 e. The van der Waals surface area contributed by atoms with Crippen molar-refractivity contribution in [3.63, 3.8) is 0 Å². The molecular weight excluding hydrogens is 627 g/mol. The Labute approximate surface area is 261 Å². The number of nitrogens with one attached hydrogen (secondary N) is 2. The number of halogens is 1. The molecular formula is C31H38BrN8O2P. The SMILES string of the molecule is CCc1cc(Nc2ncc(Br)c(Nc3ccc4nccnc4c3P(C)(C)=O)n2)c(OC)cc1N1CCC2(CC1)CN(C)C2. The van der Waals surface area contributed by atoms with Gasteiger partial charge in [0.05, 0.1) is 33.8 Å². The zero-order valence-corrected chi connectivity index (χ0v) is 27.8. The van der Waals surface area contributed by atoms with Crippen molar-refractivity contribution in [3.05, 3.63) is 52.9 Å². The van der Waals surface area contributed by atoms with Crippen LogP contribution in [0, 0.1) is 5.41 Å².